The van der Waals surface area contributed by atoms with Gasteiger partial charge in [-0.1, -0.05) is 24.8 Å². The van der Waals surface area contributed by atoms with E-state index >= 15 is 0 Å². The van der Waals surface area contributed by atoms with Crippen LogP contribution in [0.15, 0.2) is 60.2 Å². The quantitative estimate of drug-likeness (QED) is 0.759. The number of carbonyl (C=O) groups excluding carboxylic acids is 1. The predicted octanol–water partition coefficient (Wildman–Crippen LogP) is 3.79. The van der Waals surface area contributed by atoms with Crippen LogP contribution in [0.25, 0.3) is 16.5 Å². The molecule has 0 atom stereocenters. The number of H-pyrrole nitrogens is 1. The zero-order valence-electron chi connectivity index (χ0n) is 14.9. The van der Waals surface area contributed by atoms with Crippen molar-refractivity contribution in [2.45, 2.75) is 0 Å². The number of nitrogens with one attached hydrogen (secondary N) is 1. The van der Waals surface area contributed by atoms with Crippen molar-refractivity contribution in [3.63, 3.8) is 0 Å². The molecule has 1 aromatic heterocycles. The number of aliphatic imine (C=N–C) groups is 1. The molecule has 1 amide bonds. The van der Waals surface area contributed by atoms with Crippen molar-refractivity contribution >= 4 is 33.8 Å². The molecule has 5 heteroatoms. The number of rotatable bonds is 2. The Labute approximate surface area is 157 Å². The molecule has 1 saturated heterocycles. The number of morpholine rings is 1. The van der Waals surface area contributed by atoms with E-state index in [0.717, 1.165) is 39.0 Å². The lowest BCUT2D eigenvalue weighted by Gasteiger charge is -2.27. The van der Waals surface area contributed by atoms with Gasteiger partial charge in [0.25, 0.3) is 5.91 Å². The number of amides is 1. The fourth-order valence-corrected chi connectivity index (χ4v) is 3.76. The molecule has 1 N–H and O–H groups in total. The predicted molar refractivity (Wildman–Crippen MR) is 107 cm³/mol. The van der Waals surface area contributed by atoms with Crippen LogP contribution in [0.5, 0.6) is 0 Å². The van der Waals surface area contributed by atoms with Gasteiger partial charge in [0.05, 0.1) is 24.6 Å². The van der Waals surface area contributed by atoms with Crippen LogP contribution >= 0.6 is 0 Å². The van der Waals surface area contributed by atoms with Gasteiger partial charge in [-0.05, 0) is 24.3 Å². The van der Waals surface area contributed by atoms with E-state index in [4.69, 9.17) is 9.73 Å². The van der Waals surface area contributed by atoms with Crippen LogP contribution in [-0.4, -0.2) is 47.8 Å². The standard InChI is InChI=1S/C22H19N3O2/c1-14-17-12-15(22(26)25-8-10-27-11-9-25)6-7-20(17)24-21(14)18-13-23-19-5-3-2-4-16(18)19/h2-7,12-13,23H,1,8-11H2. The SMILES string of the molecule is C=C1C(c2c[nH]c3ccccc23)=Nc2ccc(C(=O)N3CCOCC3)cc21. The third-order valence-electron chi connectivity index (χ3n) is 5.23. The fourth-order valence-electron chi connectivity index (χ4n) is 3.76. The molecule has 0 bridgehead atoms. The summed E-state index contributed by atoms with van der Waals surface area (Å²) in [4.78, 5) is 22.7. The zero-order chi connectivity index (χ0) is 18.4. The van der Waals surface area contributed by atoms with Gasteiger partial charge in [0.2, 0.25) is 0 Å². The summed E-state index contributed by atoms with van der Waals surface area (Å²) in [6, 6.07) is 13.8. The molecule has 2 aliphatic rings. The summed E-state index contributed by atoms with van der Waals surface area (Å²) in [6.45, 7) is 6.72. The molecule has 27 heavy (non-hydrogen) atoms. The van der Waals surface area contributed by atoms with Crippen LogP contribution in [0.3, 0.4) is 0 Å². The monoisotopic (exact) mass is 357 g/mol. The van der Waals surface area contributed by atoms with E-state index in [1.807, 2.05) is 47.5 Å². The number of benzene rings is 2. The molecule has 0 unspecified atom stereocenters. The molecule has 5 nitrogen and oxygen atoms in total. The van der Waals surface area contributed by atoms with E-state index < -0.39 is 0 Å². The maximum absolute atomic E-state index is 12.8. The number of hydrogen-bond acceptors (Lipinski definition) is 3. The highest BCUT2D eigenvalue weighted by molar-refractivity contribution is 6.38. The van der Waals surface area contributed by atoms with Crippen molar-refractivity contribution in [3.8, 4) is 0 Å². The topological polar surface area (TPSA) is 57.7 Å². The Morgan fingerprint density at radius 3 is 2.78 bits per heavy atom. The highest BCUT2D eigenvalue weighted by Crippen LogP contribution is 2.38. The van der Waals surface area contributed by atoms with Gasteiger partial charge in [0, 0.05) is 52.5 Å². The summed E-state index contributed by atoms with van der Waals surface area (Å²) in [6.07, 6.45) is 1.97. The number of fused-ring (bicyclic) bond motifs is 2. The Bertz CT molecular complexity index is 1100. The van der Waals surface area contributed by atoms with Crippen molar-refractivity contribution in [1.29, 1.82) is 0 Å². The third-order valence-corrected chi connectivity index (χ3v) is 5.23. The maximum Gasteiger partial charge on any atom is 0.254 e. The molecule has 0 aliphatic carbocycles. The van der Waals surface area contributed by atoms with Gasteiger partial charge in [0.1, 0.15) is 0 Å². The summed E-state index contributed by atoms with van der Waals surface area (Å²) in [5.74, 6) is 0.0365. The second-order valence-corrected chi connectivity index (χ2v) is 6.82. The van der Waals surface area contributed by atoms with Gasteiger partial charge in [-0.15, -0.1) is 0 Å². The molecule has 1 fully saturated rings. The number of allylic oxidation sites excluding steroid dienone is 1. The Balaban J connectivity index is 1.49. The van der Waals surface area contributed by atoms with Crippen LogP contribution < -0.4 is 0 Å². The number of nitrogens with zero attached hydrogens (tertiary/aromatic N) is 2. The highest BCUT2D eigenvalue weighted by atomic mass is 16.5. The first-order chi connectivity index (χ1) is 13.2. The largest absolute Gasteiger partial charge is 0.378 e. The Hall–Kier alpha value is -3.18. The van der Waals surface area contributed by atoms with Crippen LogP contribution in [-0.2, 0) is 4.74 Å². The molecule has 3 aromatic rings. The second kappa shape index (κ2) is 6.21. The van der Waals surface area contributed by atoms with Crippen LogP contribution in [0.2, 0.25) is 0 Å². The van der Waals surface area contributed by atoms with E-state index in [1.165, 1.54) is 0 Å². The van der Waals surface area contributed by atoms with E-state index in [1.54, 1.807) is 0 Å². The lowest BCUT2D eigenvalue weighted by Crippen LogP contribution is -2.40. The van der Waals surface area contributed by atoms with Crippen molar-refractivity contribution in [1.82, 2.24) is 9.88 Å². The number of para-hydroxylation sites is 1. The Kier molecular flexibility index (Phi) is 3.69. The number of hydrogen-bond donors (Lipinski definition) is 1. The summed E-state index contributed by atoms with van der Waals surface area (Å²) in [5.41, 5.74) is 6.28. The molecule has 134 valence electrons. The molecule has 0 radical (unpaired) electrons. The minimum absolute atomic E-state index is 0.0365. The van der Waals surface area contributed by atoms with Gasteiger partial charge >= 0.3 is 0 Å². The number of aromatic nitrogens is 1. The molecular formula is C22H19N3O2. The lowest BCUT2D eigenvalue weighted by molar-refractivity contribution is 0.0303. The summed E-state index contributed by atoms with van der Waals surface area (Å²) in [7, 11) is 0. The van der Waals surface area contributed by atoms with Crippen LogP contribution in [0, 0.1) is 0 Å². The van der Waals surface area contributed by atoms with Crippen molar-refractivity contribution < 1.29 is 9.53 Å². The highest BCUT2D eigenvalue weighted by Gasteiger charge is 2.25. The molecule has 2 aromatic carbocycles. The number of aromatic amines is 1. The number of carbonyl (C=O) groups is 1. The Morgan fingerprint density at radius 1 is 1.11 bits per heavy atom. The smallest absolute Gasteiger partial charge is 0.254 e. The van der Waals surface area contributed by atoms with Gasteiger partial charge in [0.15, 0.2) is 0 Å². The first kappa shape index (κ1) is 16.0. The minimum Gasteiger partial charge on any atom is -0.378 e. The second-order valence-electron chi connectivity index (χ2n) is 6.82. The first-order valence-electron chi connectivity index (χ1n) is 9.08. The summed E-state index contributed by atoms with van der Waals surface area (Å²) >= 11 is 0. The van der Waals surface area contributed by atoms with E-state index in [9.17, 15) is 4.79 Å². The zero-order valence-corrected chi connectivity index (χ0v) is 14.9. The molecule has 0 spiro atoms. The van der Waals surface area contributed by atoms with Gasteiger partial charge in [-0.25, -0.2) is 4.99 Å². The normalized spacial score (nSPS) is 16.5. The maximum atomic E-state index is 12.8. The van der Waals surface area contributed by atoms with Crippen molar-refractivity contribution in [2.24, 2.45) is 4.99 Å². The van der Waals surface area contributed by atoms with E-state index in [-0.39, 0.29) is 5.91 Å². The third kappa shape index (κ3) is 2.59. The van der Waals surface area contributed by atoms with Gasteiger partial charge < -0.3 is 14.6 Å². The van der Waals surface area contributed by atoms with Crippen LogP contribution in [0.4, 0.5) is 5.69 Å². The molecule has 0 saturated carbocycles. The minimum atomic E-state index is 0.0365. The van der Waals surface area contributed by atoms with E-state index in [2.05, 4.69) is 17.6 Å². The number of ether oxygens (including phenoxy) is 1. The van der Waals surface area contributed by atoms with Crippen molar-refractivity contribution in [2.75, 3.05) is 26.3 Å². The molecular weight excluding hydrogens is 338 g/mol. The lowest BCUT2D eigenvalue weighted by atomic mass is 9.97. The molecule has 3 heterocycles. The van der Waals surface area contributed by atoms with Gasteiger partial charge in [-0.3, -0.25) is 4.79 Å². The summed E-state index contributed by atoms with van der Waals surface area (Å²) < 4.78 is 5.34. The van der Waals surface area contributed by atoms with Gasteiger partial charge in [-0.2, -0.15) is 0 Å². The summed E-state index contributed by atoms with van der Waals surface area (Å²) in [5, 5.41) is 1.12. The van der Waals surface area contributed by atoms with Crippen LogP contribution in [0.1, 0.15) is 21.5 Å². The van der Waals surface area contributed by atoms with E-state index in [0.29, 0.717) is 31.9 Å². The molecule has 5 rings (SSSR count). The first-order valence-corrected chi connectivity index (χ1v) is 9.08. The fraction of sp³-hybridized carbons (Fsp3) is 0.182. The Morgan fingerprint density at radius 2 is 1.93 bits per heavy atom. The molecule has 2 aliphatic heterocycles. The average Bonchev–Trinajstić information content (AvgIpc) is 3.29. The van der Waals surface area contributed by atoms with Crippen molar-refractivity contribution in [3.05, 3.63) is 71.9 Å². The average molecular weight is 357 g/mol.